The molecule has 0 saturated heterocycles. The average molecular weight is 452 g/mol. The largest absolute Gasteiger partial charge is 0.444 e. The summed E-state index contributed by atoms with van der Waals surface area (Å²) in [5.41, 5.74) is -0.560. The Kier molecular flexibility index (Phi) is 8.71. The topological polar surface area (TPSA) is 47.6 Å². The van der Waals surface area contributed by atoms with Crippen LogP contribution in [0.25, 0.3) is 0 Å². The van der Waals surface area contributed by atoms with Gasteiger partial charge in [-0.05, 0) is 49.0 Å². The Labute approximate surface area is 194 Å². The number of benzene rings is 2. The number of carbonyl (C=O) groups is 1. The number of alkyl carbamates (subject to hydrolysis) is 1. The van der Waals surface area contributed by atoms with Gasteiger partial charge in [0, 0.05) is 6.61 Å². The van der Waals surface area contributed by atoms with Gasteiger partial charge in [0.05, 0.1) is 6.04 Å². The van der Waals surface area contributed by atoms with Crippen LogP contribution in [0.3, 0.4) is 0 Å². The fourth-order valence-corrected chi connectivity index (χ4v) is 8.53. The van der Waals surface area contributed by atoms with Crippen LogP contribution in [0.5, 0.6) is 0 Å². The maximum absolute atomic E-state index is 12.1. The zero-order chi connectivity index (χ0) is 23.8. The second-order valence-electron chi connectivity index (χ2n) is 10.0. The molecule has 0 unspecified atom stereocenters. The molecule has 0 fully saturated rings. The van der Waals surface area contributed by atoms with Crippen LogP contribution in [0.2, 0.25) is 5.04 Å². The Morgan fingerprint density at radius 3 is 1.88 bits per heavy atom. The first kappa shape index (κ1) is 25.7. The van der Waals surface area contributed by atoms with Crippen molar-refractivity contribution in [3.8, 4) is 12.3 Å². The number of hydrogen-bond donors (Lipinski definition) is 1. The van der Waals surface area contributed by atoms with E-state index < -0.39 is 26.1 Å². The molecule has 0 aliphatic heterocycles. The van der Waals surface area contributed by atoms with Gasteiger partial charge in [0.2, 0.25) is 0 Å². The van der Waals surface area contributed by atoms with Gasteiger partial charge in [-0.15, -0.1) is 6.42 Å². The molecule has 0 spiro atoms. The molecule has 0 heterocycles. The van der Waals surface area contributed by atoms with Gasteiger partial charge in [0.15, 0.2) is 0 Å². The number of ether oxygens (including phenoxy) is 1. The van der Waals surface area contributed by atoms with Crippen molar-refractivity contribution < 1.29 is 14.0 Å². The normalized spacial score (nSPS) is 13.2. The molecule has 32 heavy (non-hydrogen) atoms. The lowest BCUT2D eigenvalue weighted by atomic mass is 10.2. The van der Waals surface area contributed by atoms with E-state index in [-0.39, 0.29) is 5.04 Å². The van der Waals surface area contributed by atoms with Crippen molar-refractivity contribution in [2.75, 3.05) is 6.61 Å². The lowest BCUT2D eigenvalue weighted by Gasteiger charge is -2.43. The smallest absolute Gasteiger partial charge is 0.408 e. The van der Waals surface area contributed by atoms with Gasteiger partial charge in [-0.1, -0.05) is 87.4 Å². The highest BCUT2D eigenvalue weighted by Gasteiger charge is 2.49. The second kappa shape index (κ2) is 10.8. The molecule has 2 aromatic rings. The molecule has 1 atom stereocenters. The van der Waals surface area contributed by atoms with Gasteiger partial charge in [0.1, 0.15) is 5.60 Å². The van der Waals surface area contributed by atoms with Gasteiger partial charge in [-0.2, -0.15) is 0 Å². The van der Waals surface area contributed by atoms with E-state index in [1.807, 2.05) is 32.9 Å². The molecule has 2 rings (SSSR count). The van der Waals surface area contributed by atoms with E-state index in [4.69, 9.17) is 15.6 Å². The van der Waals surface area contributed by atoms with E-state index in [1.165, 1.54) is 10.4 Å². The summed E-state index contributed by atoms with van der Waals surface area (Å²) in [6.07, 6.45) is 6.51. The Morgan fingerprint density at radius 2 is 1.47 bits per heavy atom. The Hall–Kier alpha value is -2.55. The van der Waals surface area contributed by atoms with Crippen LogP contribution < -0.4 is 15.7 Å². The first-order chi connectivity index (χ1) is 15.0. The third-order valence-corrected chi connectivity index (χ3v) is 10.3. The molecule has 0 radical (unpaired) electrons. The van der Waals surface area contributed by atoms with E-state index in [2.05, 4.69) is 80.5 Å². The minimum Gasteiger partial charge on any atom is -0.444 e. The van der Waals surface area contributed by atoms with Crippen LogP contribution in [0.1, 0.15) is 54.4 Å². The van der Waals surface area contributed by atoms with Crippen LogP contribution in [0.4, 0.5) is 4.79 Å². The zero-order valence-electron chi connectivity index (χ0n) is 20.3. The van der Waals surface area contributed by atoms with Crippen LogP contribution in [-0.4, -0.2) is 32.7 Å². The van der Waals surface area contributed by atoms with Crippen molar-refractivity contribution in [3.63, 3.8) is 0 Å². The zero-order valence-corrected chi connectivity index (χ0v) is 21.3. The van der Waals surface area contributed by atoms with Crippen molar-refractivity contribution in [2.24, 2.45) is 0 Å². The summed E-state index contributed by atoms with van der Waals surface area (Å²) in [5.74, 6) is 2.65. The lowest BCUT2D eigenvalue weighted by molar-refractivity contribution is 0.0513. The first-order valence-electron chi connectivity index (χ1n) is 11.2. The highest BCUT2D eigenvalue weighted by molar-refractivity contribution is 6.99. The van der Waals surface area contributed by atoms with Gasteiger partial charge >= 0.3 is 6.09 Å². The van der Waals surface area contributed by atoms with Gasteiger partial charge in [-0.25, -0.2) is 4.79 Å². The molecule has 0 bridgehead atoms. The number of hydrogen-bond acceptors (Lipinski definition) is 3. The van der Waals surface area contributed by atoms with Crippen LogP contribution in [0.15, 0.2) is 60.7 Å². The Morgan fingerprint density at radius 1 is 0.969 bits per heavy atom. The molecule has 0 saturated carbocycles. The van der Waals surface area contributed by atoms with Gasteiger partial charge in [0.25, 0.3) is 8.32 Å². The third kappa shape index (κ3) is 6.72. The predicted octanol–water partition coefficient (Wildman–Crippen LogP) is 4.87. The Balaban J connectivity index is 2.16. The summed E-state index contributed by atoms with van der Waals surface area (Å²) in [4.78, 5) is 12.1. The molecule has 1 N–H and O–H groups in total. The number of nitrogens with one attached hydrogen (secondary N) is 1. The number of terminal acetylenes is 1. The molecule has 0 aromatic heterocycles. The minimum atomic E-state index is -2.56. The number of rotatable bonds is 8. The molecule has 1 amide bonds. The van der Waals surface area contributed by atoms with Crippen molar-refractivity contribution in [1.29, 1.82) is 0 Å². The fraction of sp³-hybridized carbons (Fsp3) is 0.444. The van der Waals surface area contributed by atoms with Crippen molar-refractivity contribution in [3.05, 3.63) is 60.7 Å². The Bertz CT molecular complexity index is 853. The van der Waals surface area contributed by atoms with Crippen molar-refractivity contribution in [1.82, 2.24) is 5.32 Å². The van der Waals surface area contributed by atoms with E-state index in [1.54, 1.807) is 0 Å². The highest BCUT2D eigenvalue weighted by atomic mass is 28.4. The van der Waals surface area contributed by atoms with Crippen molar-refractivity contribution in [2.45, 2.75) is 71.1 Å². The molecule has 5 heteroatoms. The summed E-state index contributed by atoms with van der Waals surface area (Å²) in [5, 5.41) is 5.20. The maximum Gasteiger partial charge on any atom is 0.408 e. The fourth-order valence-electron chi connectivity index (χ4n) is 3.92. The highest BCUT2D eigenvalue weighted by Crippen LogP contribution is 2.36. The van der Waals surface area contributed by atoms with E-state index >= 15 is 0 Å². The molecule has 2 aromatic carbocycles. The average Bonchev–Trinajstić information content (AvgIpc) is 2.72. The standard InChI is InChI=1S/C27H37NO3Si/c1-8-22(28-25(29)31-26(2,3)4)16-15-21-30-32(27(5,6)7,23-17-11-9-12-18-23)24-19-13-10-14-20-24/h1,9-14,17-20,22H,15-16,21H2,2-7H3,(H,28,29)/t22-/m1/s1. The van der Waals surface area contributed by atoms with Crippen molar-refractivity contribution >= 4 is 24.8 Å². The van der Waals surface area contributed by atoms with E-state index in [0.29, 0.717) is 13.0 Å². The maximum atomic E-state index is 12.1. The molecule has 0 aliphatic rings. The SMILES string of the molecule is C#C[C@H](CCCO[Si](c1ccccc1)(c1ccccc1)C(C)(C)C)NC(=O)OC(C)(C)C. The number of carbonyl (C=O) groups excluding carboxylic acids is 1. The third-order valence-electron chi connectivity index (χ3n) is 5.26. The predicted molar refractivity (Wildman–Crippen MR) is 135 cm³/mol. The van der Waals surface area contributed by atoms with Crippen LogP contribution in [0, 0.1) is 12.3 Å². The summed E-state index contributed by atoms with van der Waals surface area (Å²) in [6, 6.07) is 20.7. The summed E-state index contributed by atoms with van der Waals surface area (Å²) in [6.45, 7) is 12.8. The van der Waals surface area contributed by atoms with E-state index in [0.717, 1.165) is 6.42 Å². The monoisotopic (exact) mass is 451 g/mol. The summed E-state index contributed by atoms with van der Waals surface area (Å²) >= 11 is 0. The molecule has 4 nitrogen and oxygen atoms in total. The molecule has 0 aliphatic carbocycles. The summed E-state index contributed by atoms with van der Waals surface area (Å²) < 4.78 is 12.2. The van der Waals surface area contributed by atoms with Gasteiger partial charge in [-0.3, -0.25) is 0 Å². The van der Waals surface area contributed by atoms with Gasteiger partial charge < -0.3 is 14.5 Å². The molecular weight excluding hydrogens is 414 g/mol. The lowest BCUT2D eigenvalue weighted by Crippen LogP contribution is -2.66. The number of amides is 1. The van der Waals surface area contributed by atoms with E-state index in [9.17, 15) is 4.79 Å². The summed E-state index contributed by atoms with van der Waals surface area (Å²) in [7, 11) is -2.56. The van der Waals surface area contributed by atoms with Crippen LogP contribution in [-0.2, 0) is 9.16 Å². The second-order valence-corrected chi connectivity index (χ2v) is 14.3. The minimum absolute atomic E-state index is 0.0734. The quantitative estimate of drug-likeness (QED) is 0.354. The van der Waals surface area contributed by atoms with Crippen LogP contribution >= 0.6 is 0 Å². The first-order valence-corrected chi connectivity index (χ1v) is 13.1. The molecular formula is C27H37NO3Si. The molecule has 172 valence electrons.